The first-order chi connectivity index (χ1) is 6.53. The maximum absolute atomic E-state index is 9.26. The highest BCUT2D eigenvalue weighted by atomic mass is 79.9. The summed E-state index contributed by atoms with van der Waals surface area (Å²) in [6, 6.07) is 5.61. The molecule has 78 valence electrons. The van der Waals surface area contributed by atoms with Gasteiger partial charge in [-0.2, -0.15) is 0 Å². The first-order valence-electron chi connectivity index (χ1n) is 4.30. The molecule has 0 fully saturated rings. The lowest BCUT2D eigenvalue weighted by Gasteiger charge is -2.26. The van der Waals surface area contributed by atoms with E-state index < -0.39 is 5.41 Å². The van der Waals surface area contributed by atoms with Crippen LogP contribution in [0.25, 0.3) is 0 Å². The number of nitrogens with two attached hydrogens (primary N) is 1. The Morgan fingerprint density at radius 1 is 1.57 bits per heavy atom. The van der Waals surface area contributed by atoms with Gasteiger partial charge in [-0.3, -0.25) is 0 Å². The number of rotatable bonds is 3. The topological polar surface area (TPSA) is 46.2 Å². The summed E-state index contributed by atoms with van der Waals surface area (Å²) in [4.78, 5) is 0. The van der Waals surface area contributed by atoms with Gasteiger partial charge < -0.3 is 10.8 Å². The van der Waals surface area contributed by atoms with Gasteiger partial charge in [0.05, 0.1) is 11.6 Å². The summed E-state index contributed by atoms with van der Waals surface area (Å²) in [6.07, 6.45) is 0. The second kappa shape index (κ2) is 4.62. The molecule has 0 heterocycles. The quantitative estimate of drug-likeness (QED) is 0.891. The molecule has 0 spiro atoms. The molecular formula is C10H13BrClNO. The highest BCUT2D eigenvalue weighted by Gasteiger charge is 2.24. The van der Waals surface area contributed by atoms with Gasteiger partial charge in [0.15, 0.2) is 0 Å². The van der Waals surface area contributed by atoms with Crippen LogP contribution in [0.3, 0.4) is 0 Å². The van der Waals surface area contributed by atoms with E-state index in [1.165, 1.54) is 0 Å². The Labute approximate surface area is 97.2 Å². The highest BCUT2D eigenvalue weighted by molar-refractivity contribution is 9.10. The van der Waals surface area contributed by atoms with Gasteiger partial charge in [-0.15, -0.1) is 0 Å². The molecule has 0 aromatic heterocycles. The maximum Gasteiger partial charge on any atom is 0.0551 e. The molecule has 1 atom stereocenters. The average Bonchev–Trinajstić information content (AvgIpc) is 2.21. The summed E-state index contributed by atoms with van der Waals surface area (Å²) < 4.78 is 0.847. The Morgan fingerprint density at radius 2 is 2.21 bits per heavy atom. The Hall–Kier alpha value is -0.0900. The molecule has 0 saturated carbocycles. The van der Waals surface area contributed by atoms with Crippen LogP contribution >= 0.6 is 27.5 Å². The molecule has 0 aliphatic rings. The average molecular weight is 279 g/mol. The monoisotopic (exact) mass is 277 g/mol. The number of aliphatic hydroxyl groups is 1. The van der Waals surface area contributed by atoms with Gasteiger partial charge in [0.25, 0.3) is 0 Å². The molecule has 0 aliphatic heterocycles. The Bertz CT molecular complexity index is 326. The SMILES string of the molecule is CC(CN)(CO)c1ccc(Br)c(Cl)c1. The number of aliphatic hydroxyl groups excluding tert-OH is 1. The lowest BCUT2D eigenvalue weighted by Crippen LogP contribution is -2.35. The third-order valence-electron chi connectivity index (χ3n) is 2.42. The van der Waals surface area contributed by atoms with Crippen LogP contribution in [0.4, 0.5) is 0 Å². The molecular weight excluding hydrogens is 265 g/mol. The minimum atomic E-state index is -0.412. The summed E-state index contributed by atoms with van der Waals surface area (Å²) in [5.74, 6) is 0. The standard InChI is InChI=1S/C10H13BrClNO/c1-10(5-13,6-14)7-2-3-8(11)9(12)4-7/h2-4,14H,5-6,13H2,1H3. The van der Waals surface area contributed by atoms with Gasteiger partial charge in [0.2, 0.25) is 0 Å². The molecule has 0 bridgehead atoms. The van der Waals surface area contributed by atoms with Crippen molar-refractivity contribution in [1.82, 2.24) is 0 Å². The fourth-order valence-electron chi connectivity index (χ4n) is 1.15. The van der Waals surface area contributed by atoms with E-state index in [0.29, 0.717) is 11.6 Å². The van der Waals surface area contributed by atoms with Crippen LogP contribution in [0.15, 0.2) is 22.7 Å². The van der Waals surface area contributed by atoms with Gasteiger partial charge in [-0.05, 0) is 33.6 Å². The summed E-state index contributed by atoms with van der Waals surface area (Å²) in [5, 5.41) is 9.90. The molecule has 0 saturated heterocycles. The summed E-state index contributed by atoms with van der Waals surface area (Å²) in [6.45, 7) is 2.31. The van der Waals surface area contributed by atoms with E-state index in [0.717, 1.165) is 10.0 Å². The molecule has 4 heteroatoms. The Morgan fingerprint density at radius 3 is 2.64 bits per heavy atom. The lowest BCUT2D eigenvalue weighted by molar-refractivity contribution is 0.210. The summed E-state index contributed by atoms with van der Waals surface area (Å²) in [5.41, 5.74) is 6.16. The van der Waals surface area contributed by atoms with Crippen molar-refractivity contribution in [3.63, 3.8) is 0 Å². The lowest BCUT2D eigenvalue weighted by atomic mass is 9.83. The Balaban J connectivity index is 3.12. The van der Waals surface area contributed by atoms with Crippen molar-refractivity contribution in [2.45, 2.75) is 12.3 Å². The van der Waals surface area contributed by atoms with Gasteiger partial charge in [-0.1, -0.05) is 24.6 Å². The van der Waals surface area contributed by atoms with Gasteiger partial charge >= 0.3 is 0 Å². The van der Waals surface area contributed by atoms with Crippen molar-refractivity contribution in [2.24, 2.45) is 5.73 Å². The minimum absolute atomic E-state index is 0.0153. The van der Waals surface area contributed by atoms with Gasteiger partial charge in [0.1, 0.15) is 0 Å². The van der Waals surface area contributed by atoms with E-state index in [2.05, 4.69) is 15.9 Å². The fourth-order valence-corrected chi connectivity index (χ4v) is 1.57. The summed E-state index contributed by atoms with van der Waals surface area (Å²) >= 11 is 9.28. The molecule has 1 aromatic carbocycles. The largest absolute Gasteiger partial charge is 0.395 e. The van der Waals surface area contributed by atoms with Crippen LogP contribution < -0.4 is 5.73 Å². The van der Waals surface area contributed by atoms with Crippen molar-refractivity contribution in [3.05, 3.63) is 33.3 Å². The van der Waals surface area contributed by atoms with E-state index >= 15 is 0 Å². The normalized spacial score (nSPS) is 15.2. The van der Waals surface area contributed by atoms with Crippen LogP contribution in [0, 0.1) is 0 Å². The first kappa shape index (κ1) is 12.0. The molecule has 3 N–H and O–H groups in total. The predicted molar refractivity (Wildman–Crippen MR) is 62.6 cm³/mol. The molecule has 0 amide bonds. The highest BCUT2D eigenvalue weighted by Crippen LogP contribution is 2.29. The van der Waals surface area contributed by atoms with E-state index in [4.69, 9.17) is 17.3 Å². The van der Waals surface area contributed by atoms with Crippen molar-refractivity contribution >= 4 is 27.5 Å². The molecule has 0 aliphatic carbocycles. The fraction of sp³-hybridized carbons (Fsp3) is 0.400. The van der Waals surface area contributed by atoms with Gasteiger partial charge in [0, 0.05) is 16.4 Å². The number of hydrogen-bond donors (Lipinski definition) is 2. The van der Waals surface area contributed by atoms with Crippen LogP contribution in [0.2, 0.25) is 5.02 Å². The van der Waals surface area contributed by atoms with E-state index in [9.17, 15) is 5.11 Å². The second-order valence-corrected chi connectivity index (χ2v) is 4.81. The zero-order valence-electron chi connectivity index (χ0n) is 7.93. The van der Waals surface area contributed by atoms with E-state index in [-0.39, 0.29) is 6.61 Å². The second-order valence-electron chi connectivity index (χ2n) is 3.55. The molecule has 2 nitrogen and oxygen atoms in total. The molecule has 14 heavy (non-hydrogen) atoms. The number of benzene rings is 1. The van der Waals surface area contributed by atoms with Crippen molar-refractivity contribution < 1.29 is 5.11 Å². The third-order valence-corrected chi connectivity index (χ3v) is 3.65. The van der Waals surface area contributed by atoms with E-state index in [1.54, 1.807) is 0 Å². The minimum Gasteiger partial charge on any atom is -0.395 e. The van der Waals surface area contributed by atoms with E-state index in [1.807, 2.05) is 25.1 Å². The molecule has 1 rings (SSSR count). The van der Waals surface area contributed by atoms with Crippen LogP contribution in [0.1, 0.15) is 12.5 Å². The number of hydrogen-bond acceptors (Lipinski definition) is 2. The third kappa shape index (κ3) is 2.28. The van der Waals surface area contributed by atoms with Crippen LogP contribution in [0.5, 0.6) is 0 Å². The maximum atomic E-state index is 9.26. The van der Waals surface area contributed by atoms with Gasteiger partial charge in [-0.25, -0.2) is 0 Å². The predicted octanol–water partition coefficient (Wildman–Crippen LogP) is 2.31. The zero-order valence-corrected chi connectivity index (χ0v) is 10.3. The summed E-state index contributed by atoms with van der Waals surface area (Å²) in [7, 11) is 0. The molecule has 0 radical (unpaired) electrons. The first-order valence-corrected chi connectivity index (χ1v) is 5.47. The smallest absolute Gasteiger partial charge is 0.0551 e. The van der Waals surface area contributed by atoms with Crippen LogP contribution in [-0.4, -0.2) is 18.3 Å². The van der Waals surface area contributed by atoms with Crippen LogP contribution in [-0.2, 0) is 5.41 Å². The molecule has 1 aromatic rings. The van der Waals surface area contributed by atoms with Crippen molar-refractivity contribution in [3.8, 4) is 0 Å². The van der Waals surface area contributed by atoms with Crippen molar-refractivity contribution in [1.29, 1.82) is 0 Å². The number of halogens is 2. The van der Waals surface area contributed by atoms with Crippen molar-refractivity contribution in [2.75, 3.05) is 13.2 Å². The molecule has 1 unspecified atom stereocenters. The Kier molecular flexibility index (Phi) is 3.95. The zero-order chi connectivity index (χ0) is 10.8.